The Hall–Kier alpha value is -2.53. The minimum Gasteiger partial charge on any atom is -0.394 e. The van der Waals surface area contributed by atoms with Crippen LogP contribution in [0.25, 0.3) is 0 Å². The van der Waals surface area contributed by atoms with E-state index in [1.54, 1.807) is 6.92 Å². The lowest BCUT2D eigenvalue weighted by atomic mass is 10.2. The molecule has 2 heterocycles. The largest absolute Gasteiger partial charge is 0.394 e. The summed E-state index contributed by atoms with van der Waals surface area (Å²) >= 11 is 5.87. The molecule has 1 aromatic carbocycles. The monoisotopic (exact) mass is 455 g/mol. The lowest BCUT2D eigenvalue weighted by molar-refractivity contribution is -0.0464. The molecule has 1 aliphatic heterocycles. The van der Waals surface area contributed by atoms with Crippen molar-refractivity contribution in [3.05, 3.63) is 67.2 Å². The van der Waals surface area contributed by atoms with Crippen LogP contribution >= 0.6 is 11.6 Å². The molecule has 3 N–H and O–H groups in total. The van der Waals surface area contributed by atoms with Crippen LogP contribution in [0.15, 0.2) is 34.0 Å². The molecule has 31 heavy (non-hydrogen) atoms. The summed E-state index contributed by atoms with van der Waals surface area (Å²) in [4.78, 5) is 37.4. The van der Waals surface area contributed by atoms with Crippen molar-refractivity contribution in [1.82, 2.24) is 14.5 Å². The number of aryl methyl sites for hydroxylation is 1. The number of carbonyl (C=O) groups is 1. The molecule has 1 aromatic heterocycles. The number of aromatic nitrogens is 2. The lowest BCUT2D eigenvalue weighted by Crippen LogP contribution is -2.42. The number of carbonyl (C=O) groups excluding carboxylic acids is 1. The van der Waals surface area contributed by atoms with Crippen molar-refractivity contribution in [2.45, 2.75) is 44.7 Å². The second kappa shape index (κ2) is 9.73. The van der Waals surface area contributed by atoms with Crippen LogP contribution in [-0.4, -0.2) is 50.6 Å². The maximum atomic E-state index is 13.1. The zero-order valence-corrected chi connectivity index (χ0v) is 17.5. The Morgan fingerprint density at radius 3 is 2.77 bits per heavy atom. The normalized spacial score (nSPS) is 20.7. The Balaban J connectivity index is 1.68. The van der Waals surface area contributed by atoms with E-state index in [0.717, 1.165) is 16.7 Å². The highest BCUT2D eigenvalue weighted by atomic mass is 35.5. The van der Waals surface area contributed by atoms with E-state index in [4.69, 9.17) is 16.3 Å². The number of aliphatic hydroxyl groups is 2. The number of rotatable bonds is 7. The number of ether oxygens (including phenoxy) is 1. The van der Waals surface area contributed by atoms with Crippen LogP contribution in [0.4, 0.5) is 4.39 Å². The first-order valence-corrected chi connectivity index (χ1v) is 10.1. The third-order valence-corrected chi connectivity index (χ3v) is 5.39. The van der Waals surface area contributed by atoms with Crippen molar-refractivity contribution >= 4 is 17.5 Å². The molecule has 3 rings (SSSR count). The van der Waals surface area contributed by atoms with Gasteiger partial charge in [-0.3, -0.25) is 18.7 Å². The number of nitrogens with zero attached hydrogens (tertiary/aromatic N) is 2. The molecule has 2 aromatic rings. The number of hydrogen-bond donors (Lipinski definition) is 3. The number of halogens is 2. The maximum Gasteiger partial charge on any atom is 0.333 e. The Bertz CT molecular complexity index is 1090. The minimum absolute atomic E-state index is 0.0183. The van der Waals surface area contributed by atoms with Crippen LogP contribution in [0.3, 0.4) is 0 Å². The van der Waals surface area contributed by atoms with Gasteiger partial charge in [0.25, 0.3) is 11.5 Å². The third kappa shape index (κ3) is 5.04. The highest BCUT2D eigenvalue weighted by molar-refractivity contribution is 6.33. The van der Waals surface area contributed by atoms with E-state index in [2.05, 4.69) is 5.32 Å². The van der Waals surface area contributed by atoms with Gasteiger partial charge in [-0.1, -0.05) is 11.6 Å². The first-order valence-electron chi connectivity index (χ1n) is 9.73. The molecular weight excluding hydrogens is 433 g/mol. The molecular formula is C20H23ClFN3O6. The molecule has 0 saturated carbocycles. The van der Waals surface area contributed by atoms with Gasteiger partial charge in [0.2, 0.25) is 0 Å². The van der Waals surface area contributed by atoms with Gasteiger partial charge >= 0.3 is 5.69 Å². The van der Waals surface area contributed by atoms with Gasteiger partial charge in [0.05, 0.1) is 23.3 Å². The van der Waals surface area contributed by atoms with Gasteiger partial charge in [0, 0.05) is 31.3 Å². The second-order valence-corrected chi connectivity index (χ2v) is 7.71. The number of benzene rings is 1. The SMILES string of the molecule is Cc1cn([C@H]2C[C@H](O)[C@@H](CO)O2)c(=O)n(CCCNC(=O)c2ccc([19F])cc2Cl)c1=O. The summed E-state index contributed by atoms with van der Waals surface area (Å²) in [6.07, 6.45) is -0.766. The van der Waals surface area contributed by atoms with E-state index in [1.807, 2.05) is 0 Å². The van der Waals surface area contributed by atoms with E-state index in [1.165, 1.54) is 16.8 Å². The Kier molecular flexibility index (Phi) is 7.26. The van der Waals surface area contributed by atoms with Crippen LogP contribution in [0.1, 0.15) is 35.0 Å². The highest BCUT2D eigenvalue weighted by Crippen LogP contribution is 2.27. The lowest BCUT2D eigenvalue weighted by Gasteiger charge is -2.17. The standard InChI is InChI=1S/C20H23ClFN3O6/c1-11-9-25(17-8-15(27)16(10-26)31-17)20(30)24(19(11)29)6-2-5-23-18(28)13-4-3-12(22)7-14(13)21/h3-4,7,9,15-17,26-27H,2,5-6,8,10H2,1H3,(H,23,28)/t15-,16+,17+/m0/s1/i22+0. The molecule has 0 bridgehead atoms. The number of nitrogens with one attached hydrogen (secondary N) is 1. The van der Waals surface area contributed by atoms with Crippen molar-refractivity contribution in [2.24, 2.45) is 0 Å². The van der Waals surface area contributed by atoms with Crippen molar-refractivity contribution in [3.8, 4) is 0 Å². The first kappa shape index (κ1) is 23.1. The summed E-state index contributed by atoms with van der Waals surface area (Å²) in [7, 11) is 0. The quantitative estimate of drug-likeness (QED) is 0.525. The van der Waals surface area contributed by atoms with E-state index in [0.29, 0.717) is 5.56 Å². The molecule has 1 amide bonds. The van der Waals surface area contributed by atoms with Crippen molar-refractivity contribution in [3.63, 3.8) is 0 Å². The van der Waals surface area contributed by atoms with E-state index >= 15 is 0 Å². The zero-order chi connectivity index (χ0) is 22.7. The average Bonchev–Trinajstić information content (AvgIpc) is 3.10. The zero-order valence-electron chi connectivity index (χ0n) is 16.8. The van der Waals surface area contributed by atoms with Crippen molar-refractivity contribution in [2.75, 3.05) is 13.2 Å². The van der Waals surface area contributed by atoms with Crippen LogP contribution in [-0.2, 0) is 11.3 Å². The van der Waals surface area contributed by atoms with Gasteiger partial charge in [-0.2, -0.15) is 0 Å². The molecule has 1 saturated heterocycles. The van der Waals surface area contributed by atoms with Crippen molar-refractivity contribution < 1.29 is 24.1 Å². The molecule has 9 nitrogen and oxygen atoms in total. The first-order chi connectivity index (χ1) is 14.7. The van der Waals surface area contributed by atoms with Crippen LogP contribution in [0.5, 0.6) is 0 Å². The molecule has 0 unspecified atom stereocenters. The Labute approximate surface area is 181 Å². The second-order valence-electron chi connectivity index (χ2n) is 7.31. The maximum absolute atomic E-state index is 13.1. The number of aliphatic hydroxyl groups excluding tert-OH is 2. The summed E-state index contributed by atoms with van der Waals surface area (Å²) in [6.45, 7) is 1.36. The molecule has 168 valence electrons. The number of hydrogen-bond acceptors (Lipinski definition) is 6. The fourth-order valence-corrected chi connectivity index (χ4v) is 3.67. The molecule has 3 atom stereocenters. The summed E-state index contributed by atoms with van der Waals surface area (Å²) in [6, 6.07) is 3.43. The molecule has 1 fully saturated rings. The fraction of sp³-hybridized carbons (Fsp3) is 0.450. The number of amides is 1. The van der Waals surface area contributed by atoms with Gasteiger partial charge in [-0.15, -0.1) is 0 Å². The molecule has 11 heteroatoms. The summed E-state index contributed by atoms with van der Waals surface area (Å²) in [5, 5.41) is 21.8. The third-order valence-electron chi connectivity index (χ3n) is 5.08. The van der Waals surface area contributed by atoms with Gasteiger partial charge in [-0.25, -0.2) is 9.18 Å². The van der Waals surface area contributed by atoms with Gasteiger partial charge in [0.1, 0.15) is 18.1 Å². The molecule has 0 spiro atoms. The Morgan fingerprint density at radius 2 is 2.13 bits per heavy atom. The molecule has 0 aliphatic carbocycles. The predicted octanol–water partition coefficient (Wildman–Crippen LogP) is 0.572. The fourth-order valence-electron chi connectivity index (χ4n) is 3.42. The predicted molar refractivity (Wildman–Crippen MR) is 110 cm³/mol. The van der Waals surface area contributed by atoms with E-state index in [9.17, 15) is 29.0 Å². The van der Waals surface area contributed by atoms with E-state index in [-0.39, 0.29) is 43.1 Å². The molecule has 0 radical (unpaired) electrons. The smallest absolute Gasteiger partial charge is 0.333 e. The summed E-state index contributed by atoms with van der Waals surface area (Å²) < 4.78 is 20.9. The Morgan fingerprint density at radius 1 is 1.39 bits per heavy atom. The van der Waals surface area contributed by atoms with E-state index < -0.39 is 41.4 Å². The van der Waals surface area contributed by atoms with Gasteiger partial charge in [-0.05, 0) is 31.5 Å². The van der Waals surface area contributed by atoms with Crippen molar-refractivity contribution in [1.29, 1.82) is 0 Å². The topological polar surface area (TPSA) is 123 Å². The average molecular weight is 456 g/mol. The van der Waals surface area contributed by atoms with Gasteiger partial charge in [0.15, 0.2) is 0 Å². The van der Waals surface area contributed by atoms with Crippen LogP contribution in [0.2, 0.25) is 5.02 Å². The minimum atomic E-state index is -0.920. The van der Waals surface area contributed by atoms with Gasteiger partial charge < -0.3 is 20.3 Å². The molecule has 1 aliphatic rings. The highest BCUT2D eigenvalue weighted by Gasteiger charge is 2.35. The van der Waals surface area contributed by atoms with Crippen LogP contribution < -0.4 is 16.6 Å². The summed E-state index contributed by atoms with van der Waals surface area (Å²) in [5.74, 6) is -1.05. The van der Waals surface area contributed by atoms with Crippen LogP contribution in [0, 0.1) is 12.7 Å². The summed E-state index contributed by atoms with van der Waals surface area (Å²) in [5.41, 5.74) is -0.647.